The predicted octanol–water partition coefficient (Wildman–Crippen LogP) is 1.41. The first-order chi connectivity index (χ1) is 9.66. The van der Waals surface area contributed by atoms with Gasteiger partial charge in [0.15, 0.2) is 0 Å². The largest absolute Gasteiger partial charge is 0.466 e. The van der Waals surface area contributed by atoms with Crippen LogP contribution in [0.5, 0.6) is 0 Å². The molecule has 0 unspecified atom stereocenters. The zero-order valence-corrected chi connectivity index (χ0v) is 12.9. The van der Waals surface area contributed by atoms with Gasteiger partial charge in [0, 0.05) is 0 Å². The van der Waals surface area contributed by atoms with Crippen LogP contribution in [0, 0.1) is 0 Å². The molecule has 0 radical (unpaired) electrons. The third kappa shape index (κ3) is 15.4. The number of rotatable bonds is 14. The molecule has 6 nitrogen and oxygen atoms in total. The number of carbonyl (C=O) groups excluding carboxylic acids is 1. The molecule has 0 aliphatic heterocycles. The molecule has 0 N–H and O–H groups in total. The topological polar surface area (TPSA) is 63.2 Å². The Morgan fingerprint density at radius 1 is 0.850 bits per heavy atom. The van der Waals surface area contributed by atoms with Crippen LogP contribution in [-0.4, -0.2) is 64.9 Å². The van der Waals surface area contributed by atoms with Crippen molar-refractivity contribution in [2.24, 2.45) is 0 Å². The van der Waals surface area contributed by atoms with Crippen LogP contribution in [-0.2, 0) is 28.5 Å². The molecule has 120 valence electrons. The van der Waals surface area contributed by atoms with Crippen LogP contribution in [0.1, 0.15) is 27.2 Å². The van der Waals surface area contributed by atoms with E-state index in [0.29, 0.717) is 52.9 Å². The lowest BCUT2D eigenvalue weighted by Crippen LogP contribution is -2.14. The third-order valence-electron chi connectivity index (χ3n) is 2.18. The molecule has 0 heterocycles. The quantitative estimate of drug-likeness (QED) is 0.356. The molecule has 0 saturated carbocycles. The summed E-state index contributed by atoms with van der Waals surface area (Å²) in [5.41, 5.74) is 0. The maximum atomic E-state index is 11.0. The molecule has 0 amide bonds. The summed E-state index contributed by atoms with van der Waals surface area (Å²) in [4.78, 5) is 11.0. The molecule has 0 aliphatic carbocycles. The maximum Gasteiger partial charge on any atom is 0.308 e. The molecule has 0 aromatic heterocycles. The average Bonchev–Trinajstić information content (AvgIpc) is 2.40. The van der Waals surface area contributed by atoms with Gasteiger partial charge in [0.25, 0.3) is 0 Å². The van der Waals surface area contributed by atoms with Crippen LogP contribution in [0.15, 0.2) is 0 Å². The van der Waals surface area contributed by atoms with Crippen molar-refractivity contribution < 1.29 is 28.5 Å². The minimum Gasteiger partial charge on any atom is -0.466 e. The van der Waals surface area contributed by atoms with E-state index in [0.717, 1.165) is 0 Å². The first-order valence-electron chi connectivity index (χ1n) is 7.17. The fourth-order valence-corrected chi connectivity index (χ4v) is 1.27. The average molecular weight is 292 g/mol. The first kappa shape index (κ1) is 19.3. The van der Waals surface area contributed by atoms with Gasteiger partial charge in [0.1, 0.15) is 0 Å². The van der Waals surface area contributed by atoms with Gasteiger partial charge in [-0.2, -0.15) is 0 Å². The Morgan fingerprint density at radius 2 is 1.35 bits per heavy atom. The van der Waals surface area contributed by atoms with E-state index in [1.54, 1.807) is 6.92 Å². The van der Waals surface area contributed by atoms with E-state index >= 15 is 0 Å². The monoisotopic (exact) mass is 292 g/mol. The summed E-state index contributed by atoms with van der Waals surface area (Å²) < 4.78 is 26.0. The Hall–Kier alpha value is -0.690. The van der Waals surface area contributed by atoms with Crippen LogP contribution in [0.25, 0.3) is 0 Å². The minimum atomic E-state index is -0.231. The van der Waals surface area contributed by atoms with E-state index < -0.39 is 0 Å². The molecular weight excluding hydrogens is 264 g/mol. The summed E-state index contributed by atoms with van der Waals surface area (Å²) in [6.45, 7) is 9.76. The van der Waals surface area contributed by atoms with Crippen LogP contribution >= 0.6 is 0 Å². The van der Waals surface area contributed by atoms with Gasteiger partial charge in [-0.1, -0.05) is 0 Å². The van der Waals surface area contributed by atoms with Crippen LogP contribution < -0.4 is 0 Å². The smallest absolute Gasteiger partial charge is 0.308 e. The summed E-state index contributed by atoms with van der Waals surface area (Å²) in [6.07, 6.45) is 0.522. The highest BCUT2D eigenvalue weighted by molar-refractivity contribution is 5.69. The normalized spacial score (nSPS) is 11.0. The summed E-state index contributed by atoms with van der Waals surface area (Å²) in [5, 5.41) is 0. The lowest BCUT2D eigenvalue weighted by Gasteiger charge is -2.08. The number of hydrogen-bond donors (Lipinski definition) is 0. The van der Waals surface area contributed by atoms with E-state index in [4.69, 9.17) is 23.7 Å². The van der Waals surface area contributed by atoms with Crippen molar-refractivity contribution >= 4 is 5.97 Å². The van der Waals surface area contributed by atoms with Gasteiger partial charge in [0.05, 0.1) is 65.4 Å². The zero-order chi connectivity index (χ0) is 15.1. The molecule has 0 atom stereocenters. The Morgan fingerprint density at radius 3 is 1.85 bits per heavy atom. The summed E-state index contributed by atoms with van der Waals surface area (Å²) >= 11 is 0. The van der Waals surface area contributed by atoms with Crippen LogP contribution in [0.3, 0.4) is 0 Å². The molecule has 0 aliphatic rings. The molecule has 0 spiro atoms. The highest BCUT2D eigenvalue weighted by Gasteiger charge is 2.00. The van der Waals surface area contributed by atoms with E-state index in [1.807, 2.05) is 13.8 Å². The Kier molecular flexibility index (Phi) is 14.2. The van der Waals surface area contributed by atoms with Crippen LogP contribution in [0.2, 0.25) is 0 Å². The predicted molar refractivity (Wildman–Crippen MR) is 74.8 cm³/mol. The highest BCUT2D eigenvalue weighted by atomic mass is 16.6. The van der Waals surface area contributed by atoms with Gasteiger partial charge in [-0.05, 0) is 20.8 Å². The van der Waals surface area contributed by atoms with Crippen molar-refractivity contribution in [3.05, 3.63) is 0 Å². The van der Waals surface area contributed by atoms with Crippen molar-refractivity contribution in [2.75, 3.05) is 52.9 Å². The van der Waals surface area contributed by atoms with Gasteiger partial charge in [-0.15, -0.1) is 0 Å². The Balaban J connectivity index is 3.04. The van der Waals surface area contributed by atoms with E-state index in [1.165, 1.54) is 0 Å². The third-order valence-corrected chi connectivity index (χ3v) is 2.18. The zero-order valence-electron chi connectivity index (χ0n) is 12.9. The second kappa shape index (κ2) is 14.7. The lowest BCUT2D eigenvalue weighted by atomic mass is 10.5. The second-order valence-corrected chi connectivity index (χ2v) is 4.31. The number of hydrogen-bond acceptors (Lipinski definition) is 6. The van der Waals surface area contributed by atoms with Crippen molar-refractivity contribution in [3.63, 3.8) is 0 Å². The van der Waals surface area contributed by atoms with Crippen molar-refractivity contribution in [1.82, 2.24) is 0 Å². The summed E-state index contributed by atoms with van der Waals surface area (Å²) in [5.74, 6) is -0.231. The van der Waals surface area contributed by atoms with E-state index in [-0.39, 0.29) is 18.5 Å². The SMILES string of the molecule is CCOC(=O)CCOCCOCCOCCOC(C)C. The first-order valence-corrected chi connectivity index (χ1v) is 7.17. The van der Waals surface area contributed by atoms with Crippen molar-refractivity contribution in [2.45, 2.75) is 33.3 Å². The number of esters is 1. The molecule has 0 bridgehead atoms. The van der Waals surface area contributed by atoms with Crippen molar-refractivity contribution in [3.8, 4) is 0 Å². The summed E-state index contributed by atoms with van der Waals surface area (Å²) in [7, 11) is 0. The van der Waals surface area contributed by atoms with Gasteiger partial charge >= 0.3 is 5.97 Å². The standard InChI is InChI=1S/C14H28O6/c1-4-19-14(15)5-6-16-7-8-17-9-10-18-11-12-20-13(2)3/h13H,4-12H2,1-3H3. The molecule has 0 rings (SSSR count). The van der Waals surface area contributed by atoms with E-state index in [9.17, 15) is 4.79 Å². The molecule has 0 aromatic rings. The molecule has 0 saturated heterocycles. The van der Waals surface area contributed by atoms with Crippen molar-refractivity contribution in [1.29, 1.82) is 0 Å². The fourth-order valence-electron chi connectivity index (χ4n) is 1.27. The summed E-state index contributed by atoms with van der Waals surface area (Å²) in [6, 6.07) is 0. The highest BCUT2D eigenvalue weighted by Crippen LogP contribution is 1.89. The molecule has 0 fully saturated rings. The van der Waals surface area contributed by atoms with Crippen LogP contribution in [0.4, 0.5) is 0 Å². The van der Waals surface area contributed by atoms with Gasteiger partial charge in [-0.25, -0.2) is 0 Å². The van der Waals surface area contributed by atoms with E-state index in [2.05, 4.69) is 0 Å². The van der Waals surface area contributed by atoms with Gasteiger partial charge < -0.3 is 23.7 Å². The molecule has 0 aromatic carbocycles. The Bertz CT molecular complexity index is 220. The second-order valence-electron chi connectivity index (χ2n) is 4.31. The number of carbonyl (C=O) groups is 1. The fraction of sp³-hybridized carbons (Fsp3) is 0.929. The molecule has 6 heteroatoms. The molecular formula is C14H28O6. The maximum absolute atomic E-state index is 11.0. The molecule has 20 heavy (non-hydrogen) atoms. The van der Waals surface area contributed by atoms with Gasteiger partial charge in [0.2, 0.25) is 0 Å². The number of ether oxygens (including phenoxy) is 5. The lowest BCUT2D eigenvalue weighted by molar-refractivity contribution is -0.144. The Labute approximate surface area is 121 Å². The minimum absolute atomic E-state index is 0.231. The van der Waals surface area contributed by atoms with Gasteiger partial charge in [-0.3, -0.25) is 4.79 Å².